The van der Waals surface area contributed by atoms with E-state index in [1.54, 1.807) is 0 Å². The fourth-order valence-electron chi connectivity index (χ4n) is 1.09. The molecule has 0 aliphatic carbocycles. The monoisotopic (exact) mass is 212 g/mol. The highest BCUT2D eigenvalue weighted by molar-refractivity contribution is 9.10. The molecule has 0 aliphatic rings. The first-order chi connectivity index (χ1) is 5.15. The Morgan fingerprint density at radius 2 is 1.91 bits per heavy atom. The molecule has 1 aromatic carbocycles. The van der Waals surface area contributed by atoms with E-state index >= 15 is 0 Å². The van der Waals surface area contributed by atoms with Gasteiger partial charge in [-0.05, 0) is 43.0 Å². The van der Waals surface area contributed by atoms with E-state index < -0.39 is 0 Å². The van der Waals surface area contributed by atoms with Gasteiger partial charge in [-0.15, -0.1) is 0 Å². The van der Waals surface area contributed by atoms with Crippen LogP contribution >= 0.6 is 15.9 Å². The first kappa shape index (κ1) is 8.79. The average Bonchev–Trinajstić information content (AvgIpc) is 1.99. The standard InChI is InChI=1S/C10H13Br/c1-4-9-5-7(2)8(3)10(11)6-9/h5-6H,4H2,1-3H3. The van der Waals surface area contributed by atoms with Crippen LogP contribution < -0.4 is 0 Å². The predicted octanol–water partition coefficient (Wildman–Crippen LogP) is 3.63. The third-order valence-electron chi connectivity index (χ3n) is 2.07. The molecule has 0 radical (unpaired) electrons. The van der Waals surface area contributed by atoms with Crippen LogP contribution in [0.15, 0.2) is 16.6 Å². The molecule has 1 aromatic rings. The van der Waals surface area contributed by atoms with E-state index in [2.05, 4.69) is 48.8 Å². The van der Waals surface area contributed by atoms with Gasteiger partial charge in [0.2, 0.25) is 0 Å². The van der Waals surface area contributed by atoms with Crippen molar-refractivity contribution in [2.75, 3.05) is 0 Å². The van der Waals surface area contributed by atoms with Crippen molar-refractivity contribution < 1.29 is 0 Å². The molecule has 0 nitrogen and oxygen atoms in total. The molecule has 0 aromatic heterocycles. The van der Waals surface area contributed by atoms with Gasteiger partial charge in [-0.1, -0.05) is 28.9 Å². The van der Waals surface area contributed by atoms with Gasteiger partial charge >= 0.3 is 0 Å². The van der Waals surface area contributed by atoms with Crippen molar-refractivity contribution in [1.82, 2.24) is 0 Å². The molecule has 1 heteroatoms. The van der Waals surface area contributed by atoms with Crippen molar-refractivity contribution in [2.45, 2.75) is 27.2 Å². The van der Waals surface area contributed by atoms with E-state index in [4.69, 9.17) is 0 Å². The zero-order chi connectivity index (χ0) is 8.43. The Morgan fingerprint density at radius 1 is 1.27 bits per heavy atom. The summed E-state index contributed by atoms with van der Waals surface area (Å²) >= 11 is 3.54. The Morgan fingerprint density at radius 3 is 2.36 bits per heavy atom. The van der Waals surface area contributed by atoms with Crippen LogP contribution in [-0.2, 0) is 6.42 Å². The van der Waals surface area contributed by atoms with Crippen molar-refractivity contribution in [1.29, 1.82) is 0 Å². The van der Waals surface area contributed by atoms with E-state index in [-0.39, 0.29) is 0 Å². The lowest BCUT2D eigenvalue weighted by Gasteiger charge is -2.05. The first-order valence-electron chi connectivity index (χ1n) is 3.90. The maximum Gasteiger partial charge on any atom is 0.0209 e. The Hall–Kier alpha value is -0.300. The molecule has 0 aliphatic heterocycles. The van der Waals surface area contributed by atoms with Crippen molar-refractivity contribution in [3.8, 4) is 0 Å². The second-order valence-corrected chi connectivity index (χ2v) is 3.73. The molecule has 0 unspecified atom stereocenters. The van der Waals surface area contributed by atoms with E-state index in [1.165, 1.54) is 21.2 Å². The summed E-state index contributed by atoms with van der Waals surface area (Å²) in [7, 11) is 0. The zero-order valence-corrected chi connectivity index (χ0v) is 8.83. The van der Waals surface area contributed by atoms with Crippen LogP contribution in [0.25, 0.3) is 0 Å². The van der Waals surface area contributed by atoms with Crippen molar-refractivity contribution in [3.05, 3.63) is 33.3 Å². The van der Waals surface area contributed by atoms with Crippen LogP contribution in [-0.4, -0.2) is 0 Å². The van der Waals surface area contributed by atoms with Gasteiger partial charge in [-0.3, -0.25) is 0 Å². The van der Waals surface area contributed by atoms with Crippen LogP contribution in [0.5, 0.6) is 0 Å². The summed E-state index contributed by atoms with van der Waals surface area (Å²) in [5, 5.41) is 0. The molecule has 60 valence electrons. The number of aryl methyl sites for hydroxylation is 2. The number of halogens is 1. The summed E-state index contributed by atoms with van der Waals surface area (Å²) in [5.41, 5.74) is 4.12. The number of benzene rings is 1. The number of hydrogen-bond donors (Lipinski definition) is 0. The maximum atomic E-state index is 3.54. The summed E-state index contributed by atoms with van der Waals surface area (Å²) in [6, 6.07) is 4.45. The summed E-state index contributed by atoms with van der Waals surface area (Å²) in [6.07, 6.45) is 1.11. The normalized spacial score (nSPS) is 10.2. The average molecular weight is 213 g/mol. The van der Waals surface area contributed by atoms with Gasteiger partial charge in [0.1, 0.15) is 0 Å². The molecule has 0 fully saturated rings. The van der Waals surface area contributed by atoms with Crippen LogP contribution in [0.4, 0.5) is 0 Å². The lowest BCUT2D eigenvalue weighted by molar-refractivity contribution is 1.12. The predicted molar refractivity (Wildman–Crippen MR) is 53.0 cm³/mol. The molecule has 0 bridgehead atoms. The highest BCUT2D eigenvalue weighted by Gasteiger charge is 1.99. The molecule has 0 N–H and O–H groups in total. The van der Waals surface area contributed by atoms with Crippen molar-refractivity contribution in [3.63, 3.8) is 0 Å². The van der Waals surface area contributed by atoms with Crippen LogP contribution in [0.2, 0.25) is 0 Å². The molecule has 11 heavy (non-hydrogen) atoms. The minimum absolute atomic E-state index is 1.11. The van der Waals surface area contributed by atoms with E-state index in [0.717, 1.165) is 6.42 Å². The van der Waals surface area contributed by atoms with Crippen LogP contribution in [0, 0.1) is 13.8 Å². The Balaban J connectivity index is 3.21. The van der Waals surface area contributed by atoms with E-state index in [1.807, 2.05) is 0 Å². The Bertz CT molecular complexity index is 241. The Kier molecular flexibility index (Phi) is 2.72. The lowest BCUT2D eigenvalue weighted by Crippen LogP contribution is -1.87. The first-order valence-corrected chi connectivity index (χ1v) is 4.70. The number of hydrogen-bond acceptors (Lipinski definition) is 0. The summed E-state index contributed by atoms with van der Waals surface area (Å²) < 4.78 is 1.23. The third kappa shape index (κ3) is 1.84. The highest BCUT2D eigenvalue weighted by Crippen LogP contribution is 2.21. The molecule has 0 atom stereocenters. The molecule has 0 amide bonds. The minimum Gasteiger partial charge on any atom is -0.0613 e. The second kappa shape index (κ2) is 3.40. The Labute approximate surface area is 76.8 Å². The van der Waals surface area contributed by atoms with Crippen LogP contribution in [0.3, 0.4) is 0 Å². The fourth-order valence-corrected chi connectivity index (χ4v) is 1.70. The maximum absolute atomic E-state index is 3.54. The molecule has 0 saturated heterocycles. The molecule has 0 saturated carbocycles. The summed E-state index contributed by atoms with van der Waals surface area (Å²) in [6.45, 7) is 6.47. The van der Waals surface area contributed by atoms with Gasteiger partial charge in [-0.25, -0.2) is 0 Å². The summed E-state index contributed by atoms with van der Waals surface area (Å²) in [5.74, 6) is 0. The van der Waals surface area contributed by atoms with E-state index in [0.29, 0.717) is 0 Å². The topological polar surface area (TPSA) is 0 Å². The molecular formula is C10H13Br. The van der Waals surface area contributed by atoms with Gasteiger partial charge in [0.15, 0.2) is 0 Å². The second-order valence-electron chi connectivity index (χ2n) is 2.87. The minimum atomic E-state index is 1.11. The van der Waals surface area contributed by atoms with Gasteiger partial charge in [0.25, 0.3) is 0 Å². The SMILES string of the molecule is CCc1cc(C)c(C)c(Br)c1. The highest BCUT2D eigenvalue weighted by atomic mass is 79.9. The van der Waals surface area contributed by atoms with Crippen molar-refractivity contribution in [2.24, 2.45) is 0 Å². The van der Waals surface area contributed by atoms with Gasteiger partial charge in [0, 0.05) is 4.47 Å². The van der Waals surface area contributed by atoms with E-state index in [9.17, 15) is 0 Å². The molecule has 0 spiro atoms. The third-order valence-corrected chi connectivity index (χ3v) is 2.90. The quantitative estimate of drug-likeness (QED) is 0.668. The van der Waals surface area contributed by atoms with Gasteiger partial charge in [-0.2, -0.15) is 0 Å². The molecular weight excluding hydrogens is 200 g/mol. The molecule has 1 rings (SSSR count). The smallest absolute Gasteiger partial charge is 0.0209 e. The van der Waals surface area contributed by atoms with Gasteiger partial charge in [0.05, 0.1) is 0 Å². The fraction of sp³-hybridized carbons (Fsp3) is 0.400. The number of rotatable bonds is 1. The summed E-state index contributed by atoms with van der Waals surface area (Å²) in [4.78, 5) is 0. The van der Waals surface area contributed by atoms with Crippen molar-refractivity contribution >= 4 is 15.9 Å². The largest absolute Gasteiger partial charge is 0.0613 e. The van der Waals surface area contributed by atoms with Crippen LogP contribution in [0.1, 0.15) is 23.6 Å². The molecule has 0 heterocycles. The lowest BCUT2D eigenvalue weighted by atomic mass is 10.1. The van der Waals surface area contributed by atoms with Gasteiger partial charge < -0.3 is 0 Å². The zero-order valence-electron chi connectivity index (χ0n) is 7.24.